The SMILES string of the molecule is CCCCC/C=C\C[C@@H](O)[C@H](O)CCCCCCCC(=O)OC[C@H](COP(=O)([O-])OCC[N+](C)(C)C)OC(=O)CCCCCCCCCCCCCCC. The van der Waals surface area contributed by atoms with Crippen molar-refractivity contribution in [1.29, 1.82) is 0 Å². The Labute approximate surface area is 330 Å². The maximum Gasteiger partial charge on any atom is 0.306 e. The third-order valence-electron chi connectivity index (χ3n) is 9.49. The molecule has 11 nitrogen and oxygen atoms in total. The van der Waals surface area contributed by atoms with Gasteiger partial charge in [-0.3, -0.25) is 14.2 Å². The number of carbonyl (C=O) groups excluding carboxylic acids is 2. The van der Waals surface area contributed by atoms with Crippen LogP contribution in [-0.4, -0.2) is 92.5 Å². The van der Waals surface area contributed by atoms with E-state index in [2.05, 4.69) is 19.9 Å². The third kappa shape index (κ3) is 36.3. The normalized spacial score (nSPS) is 14.9. The second-order valence-electron chi connectivity index (χ2n) is 16.0. The molecule has 0 saturated heterocycles. The maximum absolute atomic E-state index is 12.6. The van der Waals surface area contributed by atoms with E-state index in [0.29, 0.717) is 36.7 Å². The zero-order valence-electron chi connectivity index (χ0n) is 35.2. The summed E-state index contributed by atoms with van der Waals surface area (Å²) in [5, 5.41) is 20.4. The van der Waals surface area contributed by atoms with Gasteiger partial charge in [0.1, 0.15) is 19.8 Å². The van der Waals surface area contributed by atoms with Crippen molar-refractivity contribution in [3.63, 3.8) is 0 Å². The van der Waals surface area contributed by atoms with Crippen LogP contribution < -0.4 is 4.89 Å². The molecule has 54 heavy (non-hydrogen) atoms. The Morgan fingerprint density at radius 1 is 0.648 bits per heavy atom. The smallest absolute Gasteiger partial charge is 0.306 e. The molecule has 0 saturated carbocycles. The van der Waals surface area contributed by atoms with Crippen LogP contribution in [0.5, 0.6) is 0 Å². The number of phosphoric acid groups is 1. The molecule has 0 rings (SSSR count). The molecule has 0 amide bonds. The summed E-state index contributed by atoms with van der Waals surface area (Å²) in [5.41, 5.74) is 0. The molecule has 2 N–H and O–H groups in total. The predicted octanol–water partition coefficient (Wildman–Crippen LogP) is 9.11. The lowest BCUT2D eigenvalue weighted by Gasteiger charge is -2.28. The topological polar surface area (TPSA) is 152 Å². The van der Waals surface area contributed by atoms with Gasteiger partial charge in [-0.15, -0.1) is 0 Å². The van der Waals surface area contributed by atoms with Crippen molar-refractivity contribution in [3.8, 4) is 0 Å². The molecule has 0 heterocycles. The zero-order chi connectivity index (χ0) is 40.3. The highest BCUT2D eigenvalue weighted by atomic mass is 31.2. The van der Waals surface area contributed by atoms with Crippen LogP contribution in [0.15, 0.2) is 12.2 Å². The van der Waals surface area contributed by atoms with Crippen LogP contribution in [0.1, 0.15) is 181 Å². The summed E-state index contributed by atoms with van der Waals surface area (Å²) < 4.78 is 33.7. The average Bonchev–Trinajstić information content (AvgIpc) is 3.11. The Balaban J connectivity index is 4.47. The maximum atomic E-state index is 12.6. The van der Waals surface area contributed by atoms with E-state index in [4.69, 9.17) is 18.5 Å². The molecule has 12 heteroatoms. The summed E-state index contributed by atoms with van der Waals surface area (Å²) in [7, 11) is 1.09. The lowest BCUT2D eigenvalue weighted by molar-refractivity contribution is -0.870. The molecule has 0 aromatic heterocycles. The minimum atomic E-state index is -4.65. The van der Waals surface area contributed by atoms with E-state index in [1.807, 2.05) is 27.2 Å². The fraction of sp³-hybridized carbons (Fsp3) is 0.905. The van der Waals surface area contributed by atoms with Gasteiger partial charge in [0, 0.05) is 12.8 Å². The molecule has 0 aliphatic carbocycles. The minimum Gasteiger partial charge on any atom is -0.756 e. The van der Waals surface area contributed by atoms with Crippen LogP contribution in [0, 0.1) is 0 Å². The number of aliphatic hydroxyl groups excluding tert-OH is 2. The molecule has 1 unspecified atom stereocenters. The Bertz CT molecular complexity index is 973. The van der Waals surface area contributed by atoms with Crippen LogP contribution in [0.3, 0.4) is 0 Å². The number of phosphoric ester groups is 1. The Hall–Kier alpha value is -1.33. The average molecular weight is 792 g/mol. The van der Waals surface area contributed by atoms with Crippen molar-refractivity contribution in [2.24, 2.45) is 0 Å². The monoisotopic (exact) mass is 792 g/mol. The number of unbranched alkanes of at least 4 members (excludes halogenated alkanes) is 19. The number of ether oxygens (including phenoxy) is 2. The summed E-state index contributed by atoms with van der Waals surface area (Å²) in [4.78, 5) is 37.5. The molecule has 0 bridgehead atoms. The number of carbonyl (C=O) groups is 2. The van der Waals surface area contributed by atoms with E-state index in [1.165, 1.54) is 70.6 Å². The van der Waals surface area contributed by atoms with Gasteiger partial charge in [-0.25, -0.2) is 0 Å². The van der Waals surface area contributed by atoms with Gasteiger partial charge in [0.25, 0.3) is 7.82 Å². The molecule has 320 valence electrons. The molecular weight excluding hydrogens is 709 g/mol. The number of aliphatic hydroxyl groups is 2. The molecule has 0 radical (unpaired) electrons. The third-order valence-corrected chi connectivity index (χ3v) is 10.5. The van der Waals surface area contributed by atoms with Gasteiger partial charge >= 0.3 is 11.9 Å². The number of hydrogen-bond donors (Lipinski definition) is 2. The fourth-order valence-electron chi connectivity index (χ4n) is 5.91. The molecule has 0 aromatic rings. The van der Waals surface area contributed by atoms with Gasteiger partial charge in [0.15, 0.2) is 6.10 Å². The van der Waals surface area contributed by atoms with Crippen LogP contribution in [0.2, 0.25) is 0 Å². The molecule has 0 aliphatic rings. The Morgan fingerprint density at radius 3 is 1.70 bits per heavy atom. The van der Waals surface area contributed by atoms with Crippen LogP contribution in [0.25, 0.3) is 0 Å². The zero-order valence-corrected chi connectivity index (χ0v) is 36.0. The van der Waals surface area contributed by atoms with Crippen molar-refractivity contribution in [3.05, 3.63) is 12.2 Å². The van der Waals surface area contributed by atoms with E-state index >= 15 is 0 Å². The molecule has 0 fully saturated rings. The highest BCUT2D eigenvalue weighted by Gasteiger charge is 2.22. The van der Waals surface area contributed by atoms with Crippen molar-refractivity contribution in [2.45, 2.75) is 199 Å². The van der Waals surface area contributed by atoms with Crippen LogP contribution in [-0.2, 0) is 32.7 Å². The summed E-state index contributed by atoms with van der Waals surface area (Å²) in [6.45, 7) is 3.99. The number of nitrogens with zero attached hydrogens (tertiary/aromatic N) is 1. The second kappa shape index (κ2) is 34.9. The van der Waals surface area contributed by atoms with Crippen molar-refractivity contribution < 1.29 is 52.3 Å². The number of rotatable bonds is 39. The fourth-order valence-corrected chi connectivity index (χ4v) is 6.64. The number of allylic oxidation sites excluding steroid dienone is 1. The van der Waals surface area contributed by atoms with Gasteiger partial charge in [-0.2, -0.15) is 0 Å². The number of quaternary nitrogens is 1. The van der Waals surface area contributed by atoms with E-state index in [0.717, 1.165) is 57.8 Å². The highest BCUT2D eigenvalue weighted by Crippen LogP contribution is 2.38. The molecule has 0 aliphatic heterocycles. The van der Waals surface area contributed by atoms with Gasteiger partial charge in [0.05, 0.1) is 40.0 Å². The summed E-state index contributed by atoms with van der Waals surface area (Å²) >= 11 is 0. The van der Waals surface area contributed by atoms with Crippen molar-refractivity contribution >= 4 is 19.8 Å². The van der Waals surface area contributed by atoms with Crippen LogP contribution >= 0.6 is 7.82 Å². The quantitative estimate of drug-likeness (QED) is 0.0203. The molecular formula is C42H82NO10P. The van der Waals surface area contributed by atoms with Gasteiger partial charge in [-0.1, -0.05) is 142 Å². The lowest BCUT2D eigenvalue weighted by atomic mass is 10.0. The Morgan fingerprint density at radius 2 is 1.15 bits per heavy atom. The summed E-state index contributed by atoms with van der Waals surface area (Å²) in [5.74, 6) is -0.941. The standard InChI is InChI=1S/C42H82NO10P/c1-6-8-10-12-14-15-16-17-18-19-20-24-29-33-42(47)53-38(37-52-54(48,49)51-35-34-43(3,4)5)36-50-41(46)32-28-25-21-23-27-31-40(45)39(44)30-26-22-13-11-9-7-2/h22,26,38-40,44-45H,6-21,23-25,27-37H2,1-5H3/b26-22-/t38-,39-,40-/m1/s1. The molecule has 0 aromatic carbocycles. The summed E-state index contributed by atoms with van der Waals surface area (Å²) in [6.07, 6.45) is 26.8. The first-order valence-electron chi connectivity index (χ1n) is 21.6. The predicted molar refractivity (Wildman–Crippen MR) is 216 cm³/mol. The lowest BCUT2D eigenvalue weighted by Crippen LogP contribution is -2.37. The first-order chi connectivity index (χ1) is 25.8. The number of likely N-dealkylation sites (N-methyl/N-ethyl adjacent to an activating group) is 1. The Kier molecular flexibility index (Phi) is 34.0. The minimum absolute atomic E-state index is 0.0534. The first kappa shape index (κ1) is 52.7. The van der Waals surface area contributed by atoms with Crippen LogP contribution in [0.4, 0.5) is 0 Å². The van der Waals surface area contributed by atoms with E-state index < -0.39 is 44.7 Å². The van der Waals surface area contributed by atoms with Crippen molar-refractivity contribution in [1.82, 2.24) is 0 Å². The van der Waals surface area contributed by atoms with Gasteiger partial charge in [-0.05, 0) is 38.5 Å². The molecule has 0 spiro atoms. The molecule has 4 atom stereocenters. The second-order valence-corrected chi connectivity index (χ2v) is 17.4. The van der Waals surface area contributed by atoms with E-state index in [-0.39, 0.29) is 26.1 Å². The first-order valence-corrected chi connectivity index (χ1v) is 23.0. The van der Waals surface area contributed by atoms with Gasteiger partial charge < -0.3 is 38.1 Å². The highest BCUT2D eigenvalue weighted by molar-refractivity contribution is 7.45. The number of hydrogen-bond acceptors (Lipinski definition) is 10. The van der Waals surface area contributed by atoms with E-state index in [9.17, 15) is 29.3 Å². The summed E-state index contributed by atoms with van der Waals surface area (Å²) in [6, 6.07) is 0. The number of esters is 2. The van der Waals surface area contributed by atoms with Gasteiger partial charge in [0.2, 0.25) is 0 Å². The van der Waals surface area contributed by atoms with Crippen molar-refractivity contribution in [2.75, 3.05) is 47.5 Å². The van der Waals surface area contributed by atoms with E-state index in [1.54, 1.807) is 0 Å². The largest absolute Gasteiger partial charge is 0.756 e.